The van der Waals surface area contributed by atoms with E-state index in [-0.39, 0.29) is 11.5 Å². The molecule has 0 saturated carbocycles. The predicted molar refractivity (Wildman–Crippen MR) is 65.7 cm³/mol. The van der Waals surface area contributed by atoms with E-state index in [4.69, 9.17) is 5.11 Å². The molecule has 1 rings (SSSR count). The van der Waals surface area contributed by atoms with Gasteiger partial charge in [0.2, 0.25) is 5.82 Å². The Morgan fingerprint density at radius 3 is 2.72 bits per heavy atom. The van der Waals surface area contributed by atoms with Gasteiger partial charge in [-0.2, -0.15) is 0 Å². The van der Waals surface area contributed by atoms with Crippen LogP contribution in [0.2, 0.25) is 0 Å². The Bertz CT molecular complexity index is 475. The van der Waals surface area contributed by atoms with Crippen LogP contribution in [0.1, 0.15) is 18.9 Å². The number of aliphatic carboxylic acids is 1. The molecule has 1 unspecified atom stereocenters. The molecular weight excluding hydrogens is 238 g/mol. The number of likely N-dealkylation sites (N-methyl/N-ethyl adjacent to an activating group) is 1. The van der Waals surface area contributed by atoms with Crippen molar-refractivity contribution in [2.45, 2.75) is 26.3 Å². The summed E-state index contributed by atoms with van der Waals surface area (Å²) in [4.78, 5) is 26.7. The lowest BCUT2D eigenvalue weighted by Gasteiger charge is -2.24. The lowest BCUT2D eigenvalue weighted by Crippen LogP contribution is -2.38. The maximum Gasteiger partial charge on any atom is 0.326 e. The van der Waals surface area contributed by atoms with Crippen LogP contribution in [0.4, 0.5) is 11.5 Å². The van der Waals surface area contributed by atoms with Crippen molar-refractivity contribution < 1.29 is 14.8 Å². The van der Waals surface area contributed by atoms with Gasteiger partial charge in [-0.3, -0.25) is 10.1 Å². The molecule has 98 valence electrons. The van der Waals surface area contributed by atoms with Crippen molar-refractivity contribution in [2.24, 2.45) is 0 Å². The predicted octanol–water partition coefficient (Wildman–Crippen LogP) is 1.60. The second-order valence-electron chi connectivity index (χ2n) is 3.99. The minimum atomic E-state index is -1.03. The third-order valence-corrected chi connectivity index (χ3v) is 2.65. The molecule has 0 bridgehead atoms. The third kappa shape index (κ3) is 2.73. The zero-order valence-electron chi connectivity index (χ0n) is 10.5. The van der Waals surface area contributed by atoms with E-state index in [9.17, 15) is 14.9 Å². The molecule has 7 nitrogen and oxygen atoms in total. The highest BCUT2D eigenvalue weighted by Gasteiger charge is 2.27. The Kier molecular flexibility index (Phi) is 4.19. The monoisotopic (exact) mass is 253 g/mol. The number of rotatable bonds is 5. The Morgan fingerprint density at radius 1 is 1.67 bits per heavy atom. The van der Waals surface area contributed by atoms with Crippen molar-refractivity contribution in [1.29, 1.82) is 0 Å². The average molecular weight is 253 g/mol. The molecule has 0 saturated heterocycles. The summed E-state index contributed by atoms with van der Waals surface area (Å²) in [6, 6.07) is 0.548. The number of pyridine rings is 1. The summed E-state index contributed by atoms with van der Waals surface area (Å²) >= 11 is 0. The lowest BCUT2D eigenvalue weighted by atomic mass is 10.2. The molecule has 0 aliphatic rings. The molecule has 7 heteroatoms. The number of hydrogen-bond donors (Lipinski definition) is 1. The molecule has 0 aliphatic heterocycles. The fourth-order valence-corrected chi connectivity index (χ4v) is 1.71. The second-order valence-corrected chi connectivity index (χ2v) is 3.99. The van der Waals surface area contributed by atoms with Crippen molar-refractivity contribution in [1.82, 2.24) is 4.98 Å². The standard InChI is InChI=1S/C11H15N3O4/c1-4-8(11(15)16)13(3)10-9(14(17)18)5-7(2)6-12-10/h5-6,8H,4H2,1-3H3,(H,15,16). The quantitative estimate of drug-likeness (QED) is 0.632. The van der Waals surface area contributed by atoms with Gasteiger partial charge in [-0.15, -0.1) is 0 Å². The number of nitrogens with zero attached hydrogens (tertiary/aromatic N) is 3. The Balaban J connectivity index is 3.23. The summed E-state index contributed by atoms with van der Waals surface area (Å²) in [6.07, 6.45) is 1.81. The Labute approximate surface area is 104 Å². The van der Waals surface area contributed by atoms with E-state index in [0.29, 0.717) is 12.0 Å². The smallest absolute Gasteiger partial charge is 0.326 e. The third-order valence-electron chi connectivity index (χ3n) is 2.65. The SMILES string of the molecule is CCC(C(=O)O)N(C)c1ncc(C)cc1[N+](=O)[O-]. The molecule has 0 amide bonds. The molecule has 0 aromatic carbocycles. The molecule has 1 aromatic heterocycles. The van der Waals surface area contributed by atoms with Crippen LogP contribution in [0.3, 0.4) is 0 Å². The second kappa shape index (κ2) is 5.44. The van der Waals surface area contributed by atoms with Crippen molar-refractivity contribution in [3.8, 4) is 0 Å². The van der Waals surface area contributed by atoms with E-state index in [1.54, 1.807) is 13.8 Å². The van der Waals surface area contributed by atoms with Crippen LogP contribution < -0.4 is 4.90 Å². The van der Waals surface area contributed by atoms with Crippen LogP contribution in [0.5, 0.6) is 0 Å². The van der Waals surface area contributed by atoms with E-state index >= 15 is 0 Å². The minimum absolute atomic E-state index is 0.0693. The lowest BCUT2D eigenvalue weighted by molar-refractivity contribution is -0.384. The molecule has 0 fully saturated rings. The summed E-state index contributed by atoms with van der Waals surface area (Å²) in [7, 11) is 1.49. The van der Waals surface area contributed by atoms with Gasteiger partial charge in [-0.25, -0.2) is 9.78 Å². The van der Waals surface area contributed by atoms with Gasteiger partial charge in [0.05, 0.1) is 4.92 Å². The number of aromatic nitrogens is 1. The Hall–Kier alpha value is -2.18. The number of hydrogen-bond acceptors (Lipinski definition) is 5. The van der Waals surface area contributed by atoms with Gasteiger partial charge in [0.15, 0.2) is 0 Å². The van der Waals surface area contributed by atoms with Crippen molar-refractivity contribution in [3.05, 3.63) is 27.9 Å². The number of carboxylic acid groups (broad SMARTS) is 1. The molecule has 1 aromatic rings. The van der Waals surface area contributed by atoms with Crippen LogP contribution in [0.25, 0.3) is 0 Å². The van der Waals surface area contributed by atoms with Gasteiger partial charge in [-0.1, -0.05) is 6.92 Å². The number of carbonyl (C=O) groups is 1. The van der Waals surface area contributed by atoms with Crippen LogP contribution in [-0.4, -0.2) is 34.1 Å². The molecule has 1 heterocycles. The molecule has 1 N–H and O–H groups in total. The van der Waals surface area contributed by atoms with Gasteiger partial charge in [0, 0.05) is 19.3 Å². The van der Waals surface area contributed by atoms with E-state index in [0.717, 1.165) is 0 Å². The fourth-order valence-electron chi connectivity index (χ4n) is 1.71. The molecule has 18 heavy (non-hydrogen) atoms. The first-order valence-corrected chi connectivity index (χ1v) is 5.45. The minimum Gasteiger partial charge on any atom is -0.480 e. The molecule has 0 radical (unpaired) electrons. The maximum absolute atomic E-state index is 11.1. The summed E-state index contributed by atoms with van der Waals surface area (Å²) in [5.41, 5.74) is 0.472. The molecular formula is C11H15N3O4. The van der Waals surface area contributed by atoms with Crippen molar-refractivity contribution >= 4 is 17.5 Å². The zero-order chi connectivity index (χ0) is 13.9. The average Bonchev–Trinajstić information content (AvgIpc) is 2.28. The van der Waals surface area contributed by atoms with Crippen molar-refractivity contribution in [3.63, 3.8) is 0 Å². The van der Waals surface area contributed by atoms with Gasteiger partial charge in [-0.05, 0) is 18.9 Å². The number of aryl methyl sites for hydroxylation is 1. The number of nitro groups is 1. The van der Waals surface area contributed by atoms with Crippen LogP contribution in [0.15, 0.2) is 12.3 Å². The normalized spacial score (nSPS) is 11.9. The Morgan fingerprint density at radius 2 is 2.28 bits per heavy atom. The van der Waals surface area contributed by atoms with Crippen LogP contribution in [-0.2, 0) is 4.79 Å². The van der Waals surface area contributed by atoms with Gasteiger partial charge in [0.1, 0.15) is 6.04 Å². The fraction of sp³-hybridized carbons (Fsp3) is 0.455. The largest absolute Gasteiger partial charge is 0.480 e. The van der Waals surface area contributed by atoms with E-state index in [1.807, 2.05) is 0 Å². The first-order chi connectivity index (χ1) is 8.38. The summed E-state index contributed by atoms with van der Waals surface area (Å²) < 4.78 is 0. The van der Waals surface area contributed by atoms with Gasteiger partial charge < -0.3 is 10.0 Å². The van der Waals surface area contributed by atoms with Crippen LogP contribution >= 0.6 is 0 Å². The molecule has 0 spiro atoms. The highest BCUT2D eigenvalue weighted by molar-refractivity contribution is 5.78. The highest BCUT2D eigenvalue weighted by atomic mass is 16.6. The summed E-state index contributed by atoms with van der Waals surface area (Å²) in [5.74, 6) is -0.962. The van der Waals surface area contributed by atoms with Gasteiger partial charge >= 0.3 is 11.7 Å². The maximum atomic E-state index is 11.1. The van der Waals surface area contributed by atoms with Crippen LogP contribution in [0, 0.1) is 17.0 Å². The van der Waals surface area contributed by atoms with E-state index in [1.165, 1.54) is 24.2 Å². The summed E-state index contributed by atoms with van der Waals surface area (Å²) in [5, 5.41) is 20.0. The first kappa shape index (κ1) is 13.9. The van der Waals surface area contributed by atoms with Crippen molar-refractivity contribution in [2.75, 3.05) is 11.9 Å². The number of carboxylic acids is 1. The zero-order valence-corrected chi connectivity index (χ0v) is 10.5. The molecule has 1 atom stereocenters. The first-order valence-electron chi connectivity index (χ1n) is 5.45. The molecule has 0 aliphatic carbocycles. The topological polar surface area (TPSA) is 96.6 Å². The van der Waals surface area contributed by atoms with E-state index < -0.39 is 16.9 Å². The highest BCUT2D eigenvalue weighted by Crippen LogP contribution is 2.27. The number of anilines is 1. The summed E-state index contributed by atoms with van der Waals surface area (Å²) in [6.45, 7) is 3.40. The van der Waals surface area contributed by atoms with Gasteiger partial charge in [0.25, 0.3) is 0 Å². The van der Waals surface area contributed by atoms with E-state index in [2.05, 4.69) is 4.98 Å².